The highest BCUT2D eigenvalue weighted by molar-refractivity contribution is 7.74. The molecule has 1 unspecified atom stereocenters. The molecule has 2 rings (SSSR count). The summed E-state index contributed by atoms with van der Waals surface area (Å²) < 4.78 is 8.23. The lowest BCUT2D eigenvalue weighted by Crippen LogP contribution is -1.77. The van der Waals surface area contributed by atoms with E-state index in [9.17, 15) is 0 Å². The summed E-state index contributed by atoms with van der Waals surface area (Å²) >= 11 is 0. The number of allylic oxidation sites excluding steroid dienone is 4. The summed E-state index contributed by atoms with van der Waals surface area (Å²) in [6.07, 6.45) is 8.16. The van der Waals surface area contributed by atoms with Gasteiger partial charge in [0.25, 0.3) is 0 Å². The molecule has 11 heavy (non-hydrogen) atoms. The van der Waals surface area contributed by atoms with E-state index in [0.717, 1.165) is 17.0 Å². The van der Waals surface area contributed by atoms with Gasteiger partial charge in [0.2, 0.25) is 8.52 Å². The molecule has 0 saturated carbocycles. The largest absolute Gasteiger partial charge is 0.347 e. The van der Waals surface area contributed by atoms with Gasteiger partial charge in [0.1, 0.15) is 0 Å². The Morgan fingerprint density at radius 1 is 1.36 bits per heavy atom. The normalized spacial score (nSPS) is 26.5. The molecule has 0 N–H and O–H groups in total. The zero-order valence-electron chi connectivity index (χ0n) is 5.49. The van der Waals surface area contributed by atoms with Crippen LogP contribution in [0, 0.1) is 0 Å². The van der Waals surface area contributed by atoms with Gasteiger partial charge in [-0.05, 0) is 16.7 Å². The van der Waals surface area contributed by atoms with Crippen LogP contribution in [0.25, 0.3) is 4.86 Å². The van der Waals surface area contributed by atoms with Gasteiger partial charge in [0, 0.05) is 0 Å². The minimum absolute atomic E-state index is 0.598. The molecule has 0 aromatic rings. The van der Waals surface area contributed by atoms with Gasteiger partial charge in [-0.25, -0.2) is 4.52 Å². The van der Waals surface area contributed by atoms with Crippen molar-refractivity contribution >= 4 is 30.2 Å². The third kappa shape index (κ3) is 1.69. The molecule has 0 fully saturated rings. The van der Waals surface area contributed by atoms with Crippen molar-refractivity contribution in [1.29, 1.82) is 0 Å². The Hall–Kier alpha value is -0.190. The first-order valence-corrected chi connectivity index (χ1v) is 5.85. The van der Waals surface area contributed by atoms with E-state index >= 15 is 0 Å². The molecular formula is C5H4N3P3. The Morgan fingerprint density at radius 3 is 2.82 bits per heavy atom. The SMILES string of the molecule is C1=CC(=[P+]2N=PN=P[N-]2)C=C1. The maximum Gasteiger partial charge on any atom is 0.206 e. The van der Waals surface area contributed by atoms with E-state index in [4.69, 9.17) is 0 Å². The summed E-state index contributed by atoms with van der Waals surface area (Å²) in [6.45, 7) is 0. The zero-order chi connectivity index (χ0) is 7.52. The maximum atomic E-state index is 4.27. The van der Waals surface area contributed by atoms with E-state index in [0.29, 0.717) is 0 Å². The quantitative estimate of drug-likeness (QED) is 0.527. The van der Waals surface area contributed by atoms with Crippen LogP contribution in [0.5, 0.6) is 0 Å². The van der Waals surface area contributed by atoms with Gasteiger partial charge in [-0.1, -0.05) is 20.7 Å². The fourth-order valence-electron chi connectivity index (χ4n) is 0.748. The first-order chi connectivity index (χ1) is 5.47. The number of rotatable bonds is 0. The van der Waals surface area contributed by atoms with Crippen LogP contribution >= 0.6 is 24.9 Å². The van der Waals surface area contributed by atoms with Gasteiger partial charge in [0.05, 0.1) is 0 Å². The lowest BCUT2D eigenvalue weighted by atomic mass is 10.5. The molecule has 0 aromatic carbocycles. The van der Waals surface area contributed by atoms with Crippen molar-refractivity contribution in [1.82, 2.24) is 0 Å². The number of nitrogens with zero attached hydrogens (tertiary/aromatic N) is 3. The van der Waals surface area contributed by atoms with E-state index in [1.807, 2.05) is 12.2 Å². The van der Waals surface area contributed by atoms with Crippen molar-refractivity contribution in [2.24, 2.45) is 9.03 Å². The fraction of sp³-hybridized carbons (Fsp3) is 0. The zero-order valence-corrected chi connectivity index (χ0v) is 8.18. The first kappa shape index (κ1) is 7.46. The van der Waals surface area contributed by atoms with Crippen molar-refractivity contribution in [2.45, 2.75) is 0 Å². The predicted octanol–water partition coefficient (Wildman–Crippen LogP) is 4.07. The van der Waals surface area contributed by atoms with Gasteiger partial charge in [-0.15, -0.1) is 0 Å². The Bertz CT molecular complexity index is 299. The van der Waals surface area contributed by atoms with E-state index in [1.54, 1.807) is 0 Å². The van der Waals surface area contributed by atoms with Crippen molar-refractivity contribution < 1.29 is 0 Å². The van der Waals surface area contributed by atoms with Crippen LogP contribution in [-0.4, -0.2) is 5.29 Å². The summed E-state index contributed by atoms with van der Waals surface area (Å²) in [5.74, 6) is 0. The molecule has 0 aromatic heterocycles. The maximum absolute atomic E-state index is 4.27. The van der Waals surface area contributed by atoms with E-state index in [-0.39, 0.29) is 0 Å². The van der Waals surface area contributed by atoms with Crippen LogP contribution in [0.2, 0.25) is 0 Å². The molecule has 1 aliphatic carbocycles. The van der Waals surface area contributed by atoms with Crippen LogP contribution < -0.4 is 0 Å². The lowest BCUT2D eigenvalue weighted by molar-refractivity contribution is 1.92. The molecule has 1 atom stereocenters. The second-order valence-electron chi connectivity index (χ2n) is 1.88. The van der Waals surface area contributed by atoms with Crippen LogP contribution in [0.15, 0.2) is 33.3 Å². The van der Waals surface area contributed by atoms with Gasteiger partial charge in [-0.2, -0.15) is 0 Å². The molecule has 0 radical (unpaired) electrons. The Morgan fingerprint density at radius 2 is 2.18 bits per heavy atom. The highest BCUT2D eigenvalue weighted by atomic mass is 31.2. The smallest absolute Gasteiger partial charge is 0.206 e. The molecule has 2 aliphatic rings. The number of hydrogen-bond acceptors (Lipinski definition) is 2. The minimum atomic E-state index is -0.598. The molecule has 0 spiro atoms. The van der Waals surface area contributed by atoms with E-state index < -0.39 is 7.85 Å². The fourth-order valence-corrected chi connectivity index (χ4v) is 4.16. The molecule has 1 heterocycles. The Kier molecular flexibility index (Phi) is 2.35. The molecular weight excluding hydrogens is 195 g/mol. The van der Waals surface area contributed by atoms with Crippen LogP contribution in [0.1, 0.15) is 0 Å². The summed E-state index contributed by atoms with van der Waals surface area (Å²) in [6, 6.07) is 0. The van der Waals surface area contributed by atoms with Gasteiger partial charge >= 0.3 is 0 Å². The molecule has 0 amide bonds. The molecule has 54 valence electrons. The van der Waals surface area contributed by atoms with E-state index in [2.05, 4.69) is 26.0 Å². The van der Waals surface area contributed by atoms with Crippen LogP contribution in [0.3, 0.4) is 0 Å². The Labute approximate surface area is 69.0 Å². The molecule has 3 nitrogen and oxygen atoms in total. The highest BCUT2D eigenvalue weighted by Gasteiger charge is 2.07. The van der Waals surface area contributed by atoms with Gasteiger partial charge in [0.15, 0.2) is 13.1 Å². The molecule has 6 heteroatoms. The average Bonchev–Trinajstić information content (AvgIpc) is 2.58. The standard InChI is InChI=1S/C5H4N3P3/c1-2-4-5(3-1)11-7-9-6-10-8-11/h1-4H. The predicted molar refractivity (Wildman–Crippen MR) is 52.3 cm³/mol. The monoisotopic (exact) mass is 199 g/mol. The van der Waals surface area contributed by atoms with E-state index in [1.165, 1.54) is 5.29 Å². The van der Waals surface area contributed by atoms with Crippen molar-refractivity contribution in [2.75, 3.05) is 0 Å². The van der Waals surface area contributed by atoms with Crippen molar-refractivity contribution in [3.63, 3.8) is 0 Å². The first-order valence-electron chi connectivity index (χ1n) is 3.00. The van der Waals surface area contributed by atoms with Gasteiger partial charge < -0.3 is 4.86 Å². The second-order valence-corrected chi connectivity index (χ2v) is 5.48. The molecule has 1 aliphatic heterocycles. The summed E-state index contributed by atoms with van der Waals surface area (Å²) in [5, 5.41) is 1.23. The third-order valence-electron chi connectivity index (χ3n) is 1.21. The summed E-state index contributed by atoms with van der Waals surface area (Å²) in [5.41, 5.74) is 0. The Balaban J connectivity index is 2.33. The topological polar surface area (TPSA) is 38.8 Å². The molecule has 0 bridgehead atoms. The summed E-state index contributed by atoms with van der Waals surface area (Å²) in [4.78, 5) is 4.27. The van der Waals surface area contributed by atoms with Gasteiger partial charge in [-0.3, -0.25) is 0 Å². The van der Waals surface area contributed by atoms with Crippen molar-refractivity contribution in [3.05, 3.63) is 29.2 Å². The van der Waals surface area contributed by atoms with Crippen molar-refractivity contribution in [3.8, 4) is 0 Å². The van der Waals surface area contributed by atoms with Crippen LogP contribution in [-0.2, 0) is 0 Å². The number of hydrogen-bond donors (Lipinski definition) is 0. The highest BCUT2D eigenvalue weighted by Crippen LogP contribution is 2.49. The molecule has 0 saturated heterocycles. The second kappa shape index (κ2) is 3.47. The van der Waals surface area contributed by atoms with Crippen LogP contribution in [0.4, 0.5) is 0 Å². The average molecular weight is 199 g/mol. The lowest BCUT2D eigenvalue weighted by Gasteiger charge is -2.01. The minimum Gasteiger partial charge on any atom is -0.347 e. The summed E-state index contributed by atoms with van der Waals surface area (Å²) in [7, 11) is 1.07. The third-order valence-corrected chi connectivity index (χ3v) is 4.60.